The Morgan fingerprint density at radius 1 is 0.972 bits per heavy atom. The fourth-order valence-electron chi connectivity index (χ4n) is 3.83. The summed E-state index contributed by atoms with van der Waals surface area (Å²) in [5.74, 6) is -0.306. The number of fused-ring (bicyclic) bond motifs is 1. The Bertz CT molecular complexity index is 1450. The van der Waals surface area contributed by atoms with Crippen LogP contribution in [0.3, 0.4) is 0 Å². The van der Waals surface area contributed by atoms with Crippen LogP contribution in [0.2, 0.25) is 0 Å². The second kappa shape index (κ2) is 11.1. The Hall–Kier alpha value is -2.09. The van der Waals surface area contributed by atoms with Gasteiger partial charge < -0.3 is 4.90 Å². The lowest BCUT2D eigenvalue weighted by molar-refractivity contribution is 0.0985. The summed E-state index contributed by atoms with van der Waals surface area (Å²) in [6.45, 7) is 1.97. The molecule has 1 amide bonds. The van der Waals surface area contributed by atoms with Gasteiger partial charge in [-0.3, -0.25) is 9.69 Å². The maximum Gasteiger partial charge on any atom is 0.260 e. The molecule has 9 nitrogen and oxygen atoms in total. The van der Waals surface area contributed by atoms with Gasteiger partial charge in [0.1, 0.15) is 0 Å². The van der Waals surface area contributed by atoms with Gasteiger partial charge in [0.2, 0.25) is 10.0 Å². The van der Waals surface area contributed by atoms with Gasteiger partial charge in [0.25, 0.3) is 5.91 Å². The third-order valence-electron chi connectivity index (χ3n) is 5.83. The number of nitrogens with zero attached hydrogens (tertiary/aromatic N) is 4. The lowest BCUT2D eigenvalue weighted by Crippen LogP contribution is -2.36. The van der Waals surface area contributed by atoms with Gasteiger partial charge >= 0.3 is 0 Å². The van der Waals surface area contributed by atoms with Crippen molar-refractivity contribution in [3.8, 4) is 0 Å². The van der Waals surface area contributed by atoms with Crippen LogP contribution in [-0.2, 0) is 19.9 Å². The zero-order valence-electron chi connectivity index (χ0n) is 20.2. The number of carbonyl (C=O) groups excluding carboxylic acids is 1. The molecule has 1 aliphatic heterocycles. The van der Waals surface area contributed by atoms with E-state index in [9.17, 15) is 21.6 Å². The predicted octanol–water partition coefficient (Wildman–Crippen LogP) is 3.11. The number of amides is 1. The van der Waals surface area contributed by atoms with Crippen LogP contribution in [0, 0.1) is 0 Å². The molecule has 1 aliphatic rings. The molecule has 1 aromatic heterocycles. The quantitative estimate of drug-likeness (QED) is 0.408. The smallest absolute Gasteiger partial charge is 0.260 e. The zero-order valence-corrected chi connectivity index (χ0v) is 23.5. The average molecular weight is 573 g/mol. The molecule has 0 N–H and O–H groups in total. The Balaban J connectivity index is 0.00000361. The van der Waals surface area contributed by atoms with Gasteiger partial charge in [0, 0.05) is 38.0 Å². The van der Waals surface area contributed by atoms with E-state index in [2.05, 4.69) is 4.98 Å². The predicted molar refractivity (Wildman–Crippen MR) is 145 cm³/mol. The lowest BCUT2D eigenvalue weighted by atomic mass is 10.2. The van der Waals surface area contributed by atoms with Crippen LogP contribution in [0.25, 0.3) is 10.2 Å². The Kier molecular flexibility index (Phi) is 8.79. The Morgan fingerprint density at radius 3 is 2.17 bits per heavy atom. The fraction of sp³-hybridized carbons (Fsp3) is 0.391. The van der Waals surface area contributed by atoms with E-state index in [1.807, 2.05) is 19.0 Å². The van der Waals surface area contributed by atoms with Gasteiger partial charge in [-0.1, -0.05) is 11.3 Å². The number of anilines is 1. The van der Waals surface area contributed by atoms with Gasteiger partial charge in [0.05, 0.1) is 20.0 Å². The number of sulfonamides is 1. The summed E-state index contributed by atoms with van der Waals surface area (Å²) in [6.07, 6.45) is 2.85. The fourth-order valence-corrected chi connectivity index (χ4v) is 7.09. The minimum atomic E-state index is -3.57. The molecule has 0 atom stereocenters. The van der Waals surface area contributed by atoms with E-state index in [1.165, 1.54) is 46.0 Å². The molecule has 2 aromatic carbocycles. The van der Waals surface area contributed by atoms with Crippen LogP contribution >= 0.6 is 23.7 Å². The van der Waals surface area contributed by atoms with Crippen LogP contribution in [0.1, 0.15) is 23.2 Å². The van der Waals surface area contributed by atoms with Gasteiger partial charge in [-0.05, 0) is 69.4 Å². The van der Waals surface area contributed by atoms with Crippen molar-refractivity contribution < 1.29 is 21.6 Å². The number of likely N-dealkylation sites (N-methyl/N-ethyl adjacent to an activating group) is 1. The van der Waals surface area contributed by atoms with Crippen LogP contribution in [-0.4, -0.2) is 83.5 Å². The topological polar surface area (TPSA) is 108 Å². The minimum Gasteiger partial charge on any atom is -0.308 e. The van der Waals surface area contributed by atoms with Crippen molar-refractivity contribution in [2.24, 2.45) is 0 Å². The molecule has 0 aliphatic carbocycles. The van der Waals surface area contributed by atoms with Crippen LogP contribution < -0.4 is 4.90 Å². The molecule has 2 heterocycles. The summed E-state index contributed by atoms with van der Waals surface area (Å²) in [6, 6.07) is 10.7. The summed E-state index contributed by atoms with van der Waals surface area (Å²) in [5, 5.41) is 0.450. The van der Waals surface area contributed by atoms with Crippen LogP contribution in [0.15, 0.2) is 52.3 Å². The number of rotatable bonds is 8. The first kappa shape index (κ1) is 28.5. The highest BCUT2D eigenvalue weighted by molar-refractivity contribution is 7.90. The van der Waals surface area contributed by atoms with Crippen LogP contribution in [0.4, 0.5) is 5.13 Å². The van der Waals surface area contributed by atoms with E-state index in [0.717, 1.165) is 19.1 Å². The van der Waals surface area contributed by atoms with Crippen molar-refractivity contribution in [3.05, 3.63) is 48.0 Å². The molecule has 196 valence electrons. The normalized spacial score (nSPS) is 14.8. The second-order valence-corrected chi connectivity index (χ2v) is 13.8. The maximum absolute atomic E-state index is 13.5. The molecule has 0 radical (unpaired) electrons. The summed E-state index contributed by atoms with van der Waals surface area (Å²) >= 11 is 1.24. The minimum absolute atomic E-state index is 0. The first-order valence-corrected chi connectivity index (χ1v) is 15.3. The summed E-state index contributed by atoms with van der Waals surface area (Å²) in [4.78, 5) is 21.9. The van der Waals surface area contributed by atoms with Gasteiger partial charge in [-0.25, -0.2) is 21.8 Å². The van der Waals surface area contributed by atoms with E-state index in [-0.39, 0.29) is 28.1 Å². The highest BCUT2D eigenvalue weighted by atomic mass is 35.5. The summed E-state index contributed by atoms with van der Waals surface area (Å²) in [5.41, 5.74) is 0.951. The van der Waals surface area contributed by atoms with Gasteiger partial charge in [-0.2, -0.15) is 4.31 Å². The average Bonchev–Trinajstić information content (AvgIpc) is 3.48. The van der Waals surface area contributed by atoms with E-state index in [0.29, 0.717) is 47.1 Å². The summed E-state index contributed by atoms with van der Waals surface area (Å²) < 4.78 is 51.7. The third-order valence-corrected chi connectivity index (χ3v) is 9.89. The third kappa shape index (κ3) is 6.06. The monoisotopic (exact) mass is 572 g/mol. The van der Waals surface area contributed by atoms with E-state index in [4.69, 9.17) is 0 Å². The molecule has 1 fully saturated rings. The molecule has 3 aromatic rings. The molecule has 0 bridgehead atoms. The molecule has 36 heavy (non-hydrogen) atoms. The standard InChI is InChI=1S/C23H28N4O5S3.ClH/c1-25(2)14-15-27(23-24-20-11-10-19(34(3,29)30)16-21(20)33-23)22(28)17-6-8-18(9-7-17)35(31,32)26-12-4-5-13-26;/h6-11,16H,4-5,12-15H2,1-3H3;1H. The number of carbonyl (C=O) groups is 1. The first-order valence-electron chi connectivity index (χ1n) is 11.1. The second-order valence-electron chi connectivity index (χ2n) is 8.79. The number of halogens is 1. The van der Waals surface area contributed by atoms with Crippen molar-refractivity contribution in [2.75, 3.05) is 51.4 Å². The number of benzene rings is 2. The van der Waals surface area contributed by atoms with Crippen molar-refractivity contribution in [1.82, 2.24) is 14.2 Å². The van der Waals surface area contributed by atoms with Crippen molar-refractivity contribution in [1.29, 1.82) is 0 Å². The number of aromatic nitrogens is 1. The molecule has 1 saturated heterocycles. The molecule has 13 heteroatoms. The van der Waals surface area contributed by atoms with E-state index < -0.39 is 19.9 Å². The maximum atomic E-state index is 13.5. The Labute approximate surface area is 222 Å². The molecular weight excluding hydrogens is 544 g/mol. The number of hydrogen-bond acceptors (Lipinski definition) is 8. The highest BCUT2D eigenvalue weighted by Gasteiger charge is 2.28. The van der Waals surface area contributed by atoms with Crippen LogP contribution in [0.5, 0.6) is 0 Å². The Morgan fingerprint density at radius 2 is 1.58 bits per heavy atom. The van der Waals surface area contributed by atoms with Crippen molar-refractivity contribution in [2.45, 2.75) is 22.6 Å². The van der Waals surface area contributed by atoms with Gasteiger partial charge in [0.15, 0.2) is 15.0 Å². The van der Waals surface area contributed by atoms with Crippen molar-refractivity contribution >= 4 is 64.9 Å². The SMILES string of the molecule is CN(C)CCN(C(=O)c1ccc(S(=O)(=O)N2CCCC2)cc1)c1nc2ccc(S(C)(=O)=O)cc2s1.Cl. The lowest BCUT2D eigenvalue weighted by Gasteiger charge is -2.22. The highest BCUT2D eigenvalue weighted by Crippen LogP contribution is 2.31. The number of sulfone groups is 1. The zero-order chi connectivity index (χ0) is 25.4. The van der Waals surface area contributed by atoms with Crippen molar-refractivity contribution in [3.63, 3.8) is 0 Å². The summed E-state index contributed by atoms with van der Waals surface area (Å²) in [7, 11) is -3.14. The van der Waals surface area contributed by atoms with Gasteiger partial charge in [-0.15, -0.1) is 12.4 Å². The molecular formula is C23H29ClN4O5S3. The largest absolute Gasteiger partial charge is 0.308 e. The molecule has 0 saturated carbocycles. The molecule has 4 rings (SSSR count). The molecule has 0 unspecified atom stereocenters. The first-order chi connectivity index (χ1) is 16.5. The molecule has 0 spiro atoms. The number of thiazole rings is 1. The number of hydrogen-bond donors (Lipinski definition) is 0. The van der Waals surface area contributed by atoms with E-state index >= 15 is 0 Å². The van der Waals surface area contributed by atoms with E-state index in [1.54, 1.807) is 17.0 Å².